The van der Waals surface area contributed by atoms with E-state index in [0.29, 0.717) is 5.56 Å². The molecule has 0 aliphatic rings. The van der Waals surface area contributed by atoms with Gasteiger partial charge in [0, 0.05) is 12.5 Å². The summed E-state index contributed by atoms with van der Waals surface area (Å²) in [5, 5.41) is 15.9. The molecule has 0 bridgehead atoms. The predicted molar refractivity (Wildman–Crippen MR) is 45.6 cm³/mol. The molecule has 0 radical (unpaired) electrons. The number of carboxylic acids is 1. The molecule has 3 nitrogen and oxygen atoms in total. The van der Waals surface area contributed by atoms with E-state index in [1.807, 2.05) is 0 Å². The smallest absolute Gasteiger partial charge is 0.300 e. The number of carbonyl (C=O) groups is 1. The lowest BCUT2D eigenvalue weighted by atomic mass is 10.2. The molecule has 0 amide bonds. The summed E-state index contributed by atoms with van der Waals surface area (Å²) in [4.78, 5) is 9.00. The summed E-state index contributed by atoms with van der Waals surface area (Å²) in [6.07, 6.45) is 0. The van der Waals surface area contributed by atoms with E-state index in [4.69, 9.17) is 15.0 Å². The third-order valence-corrected chi connectivity index (χ3v) is 1.13. The van der Waals surface area contributed by atoms with Gasteiger partial charge in [-0.3, -0.25) is 4.79 Å². The van der Waals surface area contributed by atoms with Crippen LogP contribution in [-0.2, 0) is 11.4 Å². The highest BCUT2D eigenvalue weighted by Gasteiger charge is 1.94. The van der Waals surface area contributed by atoms with E-state index in [2.05, 4.69) is 0 Å². The number of rotatable bonds is 1. The van der Waals surface area contributed by atoms with Crippen LogP contribution in [0.25, 0.3) is 0 Å². The van der Waals surface area contributed by atoms with Crippen molar-refractivity contribution in [2.24, 2.45) is 0 Å². The zero-order chi connectivity index (χ0) is 10.3. The SMILES string of the molecule is CC(=O)O.OCc1ccccc1F. The minimum atomic E-state index is -0.833. The van der Waals surface area contributed by atoms with E-state index in [-0.39, 0.29) is 12.4 Å². The van der Waals surface area contributed by atoms with Crippen LogP contribution < -0.4 is 0 Å². The van der Waals surface area contributed by atoms with Crippen LogP contribution in [-0.4, -0.2) is 16.2 Å². The number of halogens is 1. The second kappa shape index (κ2) is 6.14. The first-order chi connectivity index (χ1) is 6.07. The summed E-state index contributed by atoms with van der Waals surface area (Å²) in [5.41, 5.74) is 0.345. The quantitative estimate of drug-likeness (QED) is 0.697. The molecule has 1 rings (SSSR count). The van der Waals surface area contributed by atoms with Gasteiger partial charge in [0.2, 0.25) is 0 Å². The molecule has 4 heteroatoms. The Morgan fingerprint density at radius 1 is 1.46 bits per heavy atom. The third-order valence-electron chi connectivity index (χ3n) is 1.13. The first kappa shape index (κ1) is 11.6. The molecule has 0 unspecified atom stereocenters. The fourth-order valence-corrected chi connectivity index (χ4v) is 0.627. The summed E-state index contributed by atoms with van der Waals surface area (Å²) in [6.45, 7) is 0.854. The van der Waals surface area contributed by atoms with E-state index in [9.17, 15) is 4.39 Å². The van der Waals surface area contributed by atoms with Crippen molar-refractivity contribution in [1.29, 1.82) is 0 Å². The molecule has 0 aliphatic heterocycles. The molecule has 0 atom stereocenters. The monoisotopic (exact) mass is 186 g/mol. The van der Waals surface area contributed by atoms with Gasteiger partial charge in [-0.25, -0.2) is 4.39 Å². The number of hydrogen-bond acceptors (Lipinski definition) is 2. The van der Waals surface area contributed by atoms with Crippen molar-refractivity contribution in [3.63, 3.8) is 0 Å². The van der Waals surface area contributed by atoms with Crippen LogP contribution in [0.2, 0.25) is 0 Å². The second-order valence-electron chi connectivity index (χ2n) is 2.27. The molecule has 0 spiro atoms. The Balaban J connectivity index is 0.000000310. The average Bonchev–Trinajstić information content (AvgIpc) is 2.04. The Labute approximate surface area is 75.4 Å². The molecular weight excluding hydrogens is 175 g/mol. The van der Waals surface area contributed by atoms with E-state index in [0.717, 1.165) is 6.92 Å². The summed E-state index contributed by atoms with van der Waals surface area (Å²) < 4.78 is 12.4. The van der Waals surface area contributed by atoms with Gasteiger partial charge in [0.25, 0.3) is 5.97 Å². The maximum Gasteiger partial charge on any atom is 0.300 e. The van der Waals surface area contributed by atoms with Gasteiger partial charge in [0.15, 0.2) is 0 Å². The lowest BCUT2D eigenvalue weighted by Gasteiger charge is -1.94. The van der Waals surface area contributed by atoms with Crippen LogP contribution in [0.4, 0.5) is 4.39 Å². The largest absolute Gasteiger partial charge is 0.481 e. The Hall–Kier alpha value is -1.42. The lowest BCUT2D eigenvalue weighted by Crippen LogP contribution is -1.86. The molecule has 0 aliphatic carbocycles. The number of aliphatic hydroxyl groups excluding tert-OH is 1. The Kier molecular flexibility index (Phi) is 5.47. The number of hydrogen-bond donors (Lipinski definition) is 2. The van der Waals surface area contributed by atoms with Crippen molar-refractivity contribution in [3.8, 4) is 0 Å². The molecule has 72 valence electrons. The standard InChI is InChI=1S/C7H7FO.C2H4O2/c8-7-4-2-1-3-6(7)5-9;1-2(3)4/h1-4,9H,5H2;1H3,(H,3,4). The van der Waals surface area contributed by atoms with Crippen LogP contribution >= 0.6 is 0 Å². The van der Waals surface area contributed by atoms with Gasteiger partial charge >= 0.3 is 0 Å². The van der Waals surface area contributed by atoms with Crippen LogP contribution in [0.5, 0.6) is 0 Å². The molecule has 0 saturated heterocycles. The van der Waals surface area contributed by atoms with Crippen molar-refractivity contribution in [1.82, 2.24) is 0 Å². The Morgan fingerprint density at radius 2 is 1.92 bits per heavy atom. The average molecular weight is 186 g/mol. The predicted octanol–water partition coefficient (Wildman–Crippen LogP) is 1.41. The van der Waals surface area contributed by atoms with Gasteiger partial charge in [-0.05, 0) is 6.07 Å². The highest BCUT2D eigenvalue weighted by molar-refractivity contribution is 5.62. The summed E-state index contributed by atoms with van der Waals surface area (Å²) in [7, 11) is 0. The normalized spacial score (nSPS) is 8.54. The van der Waals surface area contributed by atoms with Gasteiger partial charge in [-0.15, -0.1) is 0 Å². The minimum Gasteiger partial charge on any atom is -0.481 e. The molecule has 1 aromatic carbocycles. The fourth-order valence-electron chi connectivity index (χ4n) is 0.627. The van der Waals surface area contributed by atoms with Gasteiger partial charge in [0.05, 0.1) is 6.61 Å². The van der Waals surface area contributed by atoms with E-state index in [1.165, 1.54) is 6.07 Å². The third kappa shape index (κ3) is 5.81. The number of aliphatic hydroxyl groups is 1. The van der Waals surface area contributed by atoms with E-state index >= 15 is 0 Å². The molecule has 0 aromatic heterocycles. The van der Waals surface area contributed by atoms with Crippen molar-refractivity contribution < 1.29 is 19.4 Å². The van der Waals surface area contributed by atoms with Crippen LogP contribution in [0.15, 0.2) is 24.3 Å². The number of aliphatic carboxylic acids is 1. The molecule has 2 N–H and O–H groups in total. The van der Waals surface area contributed by atoms with Crippen molar-refractivity contribution in [3.05, 3.63) is 35.6 Å². The van der Waals surface area contributed by atoms with Gasteiger partial charge in [-0.1, -0.05) is 18.2 Å². The first-order valence-corrected chi connectivity index (χ1v) is 3.61. The van der Waals surface area contributed by atoms with E-state index in [1.54, 1.807) is 18.2 Å². The maximum atomic E-state index is 12.4. The molecule has 13 heavy (non-hydrogen) atoms. The molecule has 0 saturated carbocycles. The minimum absolute atomic E-state index is 0.229. The fraction of sp³-hybridized carbons (Fsp3) is 0.222. The van der Waals surface area contributed by atoms with Crippen LogP contribution in [0.3, 0.4) is 0 Å². The van der Waals surface area contributed by atoms with Gasteiger partial charge in [0.1, 0.15) is 5.82 Å². The van der Waals surface area contributed by atoms with Gasteiger partial charge in [-0.2, -0.15) is 0 Å². The topological polar surface area (TPSA) is 57.5 Å². The summed E-state index contributed by atoms with van der Waals surface area (Å²) >= 11 is 0. The maximum absolute atomic E-state index is 12.4. The van der Waals surface area contributed by atoms with Crippen molar-refractivity contribution in [2.75, 3.05) is 0 Å². The second-order valence-corrected chi connectivity index (χ2v) is 2.27. The Bertz CT molecular complexity index is 269. The first-order valence-electron chi connectivity index (χ1n) is 3.61. The molecular formula is C9H11FO3. The van der Waals surface area contributed by atoms with Gasteiger partial charge < -0.3 is 10.2 Å². The highest BCUT2D eigenvalue weighted by Crippen LogP contribution is 2.04. The molecule has 0 fully saturated rings. The van der Waals surface area contributed by atoms with Crippen molar-refractivity contribution in [2.45, 2.75) is 13.5 Å². The number of carboxylic acid groups (broad SMARTS) is 1. The molecule has 1 aromatic rings. The lowest BCUT2D eigenvalue weighted by molar-refractivity contribution is -0.134. The summed E-state index contributed by atoms with van der Waals surface area (Å²) in [5.74, 6) is -1.18. The Morgan fingerprint density at radius 3 is 2.23 bits per heavy atom. The zero-order valence-electron chi connectivity index (χ0n) is 7.20. The number of benzene rings is 1. The van der Waals surface area contributed by atoms with E-state index < -0.39 is 5.97 Å². The highest BCUT2D eigenvalue weighted by atomic mass is 19.1. The zero-order valence-corrected chi connectivity index (χ0v) is 7.20. The van der Waals surface area contributed by atoms with Crippen LogP contribution in [0.1, 0.15) is 12.5 Å². The summed E-state index contributed by atoms with van der Waals surface area (Å²) in [6, 6.07) is 6.16. The van der Waals surface area contributed by atoms with Crippen molar-refractivity contribution >= 4 is 5.97 Å². The molecule has 0 heterocycles. The van der Waals surface area contributed by atoms with Crippen LogP contribution in [0, 0.1) is 5.82 Å².